The Morgan fingerprint density at radius 3 is 1.95 bits per heavy atom. The Hall–Kier alpha value is -1.83. The summed E-state index contributed by atoms with van der Waals surface area (Å²) in [6.45, 7) is 10.3. The monoisotopic (exact) mass is 304 g/mol. The van der Waals surface area contributed by atoms with E-state index < -0.39 is 0 Å². The molecule has 0 heterocycles. The van der Waals surface area contributed by atoms with Crippen molar-refractivity contribution in [2.75, 3.05) is 0 Å². The van der Waals surface area contributed by atoms with Gasteiger partial charge in [-0.2, -0.15) is 0 Å². The van der Waals surface area contributed by atoms with Gasteiger partial charge in [0.05, 0.1) is 0 Å². The van der Waals surface area contributed by atoms with Gasteiger partial charge in [0.2, 0.25) is 0 Å². The molecule has 2 rings (SSSR count). The smallest absolute Gasteiger partial charge is 0.123 e. The summed E-state index contributed by atoms with van der Waals surface area (Å²) in [5.74, 6) is 0.795. The molecule has 0 aromatic heterocycles. The number of rotatable bonds is 2. The van der Waals surface area contributed by atoms with Gasteiger partial charge < -0.3 is 5.11 Å². The quantitative estimate of drug-likeness (QED) is 0.366. The van der Waals surface area contributed by atoms with Gasteiger partial charge >= 0.3 is 0 Å². The van der Waals surface area contributed by atoms with Crippen molar-refractivity contribution in [1.29, 1.82) is 0 Å². The standard InChI is InChI=1S/C12H15F.C5H8O.C3H6/c13-12-8-6-11(7-9-12)10-4-2-1-3-5-10;1-3-5(6)4-2;1-3-2/h6-10H,1-5H2;3-4,6H,1H2,2H3;3H,1H2,2H3/b;5-4+;. The van der Waals surface area contributed by atoms with Crippen LogP contribution in [0.5, 0.6) is 0 Å². The maximum atomic E-state index is 12.7. The highest BCUT2D eigenvalue weighted by Gasteiger charge is 2.14. The van der Waals surface area contributed by atoms with Crippen LogP contribution in [0.2, 0.25) is 0 Å². The van der Waals surface area contributed by atoms with Crippen LogP contribution in [0, 0.1) is 5.82 Å². The molecule has 1 aliphatic rings. The second kappa shape index (κ2) is 12.9. The van der Waals surface area contributed by atoms with Crippen LogP contribution in [-0.4, -0.2) is 5.11 Å². The lowest BCUT2D eigenvalue weighted by molar-refractivity contribution is 0.432. The minimum atomic E-state index is -0.125. The highest BCUT2D eigenvalue weighted by atomic mass is 19.1. The van der Waals surface area contributed by atoms with E-state index in [1.807, 2.05) is 19.1 Å². The zero-order valence-electron chi connectivity index (χ0n) is 13.9. The molecular formula is C20H29FO. The van der Waals surface area contributed by atoms with E-state index in [1.54, 1.807) is 31.2 Å². The van der Waals surface area contributed by atoms with E-state index in [-0.39, 0.29) is 11.6 Å². The van der Waals surface area contributed by atoms with Crippen molar-refractivity contribution in [3.8, 4) is 0 Å². The third-order valence-corrected chi connectivity index (χ3v) is 3.45. The number of allylic oxidation sites excluding steroid dienone is 3. The first-order valence-electron chi connectivity index (χ1n) is 7.89. The predicted molar refractivity (Wildman–Crippen MR) is 94.7 cm³/mol. The molecule has 1 aliphatic carbocycles. The molecule has 1 fully saturated rings. The highest BCUT2D eigenvalue weighted by Crippen LogP contribution is 2.32. The third kappa shape index (κ3) is 9.17. The van der Waals surface area contributed by atoms with E-state index >= 15 is 0 Å². The van der Waals surface area contributed by atoms with Gasteiger partial charge in [0.25, 0.3) is 0 Å². The molecule has 0 bridgehead atoms. The van der Waals surface area contributed by atoms with Gasteiger partial charge in [-0.25, -0.2) is 4.39 Å². The molecule has 1 N–H and O–H groups in total. The van der Waals surface area contributed by atoms with E-state index in [1.165, 1.54) is 43.7 Å². The summed E-state index contributed by atoms with van der Waals surface area (Å²) in [5, 5.41) is 8.41. The minimum absolute atomic E-state index is 0.125. The van der Waals surface area contributed by atoms with E-state index in [9.17, 15) is 4.39 Å². The molecule has 22 heavy (non-hydrogen) atoms. The number of hydrogen-bond acceptors (Lipinski definition) is 1. The number of aliphatic hydroxyl groups is 1. The fourth-order valence-electron chi connectivity index (χ4n) is 2.29. The summed E-state index contributed by atoms with van der Waals surface area (Å²) in [6.07, 6.45) is 11.3. The third-order valence-electron chi connectivity index (χ3n) is 3.45. The van der Waals surface area contributed by atoms with Gasteiger partial charge in [-0.05, 0) is 62.5 Å². The van der Waals surface area contributed by atoms with Gasteiger partial charge in [-0.15, -0.1) is 6.58 Å². The summed E-state index contributed by atoms with van der Waals surface area (Å²) in [6, 6.07) is 7.02. The molecule has 0 saturated heterocycles. The first-order valence-corrected chi connectivity index (χ1v) is 7.89. The molecule has 2 heteroatoms. The molecule has 1 aromatic rings. The fourth-order valence-corrected chi connectivity index (χ4v) is 2.29. The summed E-state index contributed by atoms with van der Waals surface area (Å²) >= 11 is 0. The Morgan fingerprint density at radius 1 is 1.09 bits per heavy atom. The molecular weight excluding hydrogens is 275 g/mol. The van der Waals surface area contributed by atoms with Gasteiger partial charge in [0, 0.05) is 0 Å². The molecule has 1 saturated carbocycles. The maximum Gasteiger partial charge on any atom is 0.123 e. The molecule has 0 unspecified atom stereocenters. The number of benzene rings is 1. The van der Waals surface area contributed by atoms with E-state index in [0.29, 0.717) is 5.92 Å². The van der Waals surface area contributed by atoms with Crippen LogP contribution in [0.15, 0.2) is 61.4 Å². The first-order chi connectivity index (χ1) is 10.6. The lowest BCUT2D eigenvalue weighted by atomic mass is 9.84. The largest absolute Gasteiger partial charge is 0.508 e. The zero-order chi connectivity index (χ0) is 16.8. The molecule has 122 valence electrons. The van der Waals surface area contributed by atoms with Crippen LogP contribution in [-0.2, 0) is 0 Å². The minimum Gasteiger partial charge on any atom is -0.508 e. The summed E-state index contributed by atoms with van der Waals surface area (Å²) in [7, 11) is 0. The molecule has 1 nitrogen and oxygen atoms in total. The van der Waals surface area contributed by atoms with E-state index in [4.69, 9.17) is 5.11 Å². The van der Waals surface area contributed by atoms with Crippen LogP contribution in [0.3, 0.4) is 0 Å². The zero-order valence-corrected chi connectivity index (χ0v) is 13.9. The Balaban J connectivity index is 0.000000414. The van der Waals surface area contributed by atoms with Gasteiger partial charge in [-0.3, -0.25) is 0 Å². The maximum absolute atomic E-state index is 12.7. The molecule has 0 atom stereocenters. The summed E-state index contributed by atoms with van der Waals surface area (Å²) < 4.78 is 12.7. The predicted octanol–water partition coefficient (Wildman–Crippen LogP) is 6.70. The number of halogens is 1. The molecule has 0 spiro atoms. The van der Waals surface area contributed by atoms with Crippen molar-refractivity contribution in [1.82, 2.24) is 0 Å². The SMILES string of the molecule is C=C/C(O)=C\C.C=CC.Fc1ccc(C2CCCCC2)cc1. The fraction of sp³-hybridized carbons (Fsp3) is 0.400. The van der Waals surface area contributed by atoms with Crippen molar-refractivity contribution in [3.05, 3.63) is 72.8 Å². The Bertz CT molecular complexity index is 439. The van der Waals surface area contributed by atoms with Crippen LogP contribution >= 0.6 is 0 Å². The van der Waals surface area contributed by atoms with Crippen LogP contribution in [0.4, 0.5) is 4.39 Å². The average Bonchev–Trinajstić information content (AvgIpc) is 2.57. The number of hydrogen-bond donors (Lipinski definition) is 1. The average molecular weight is 304 g/mol. The lowest BCUT2D eigenvalue weighted by Gasteiger charge is -2.21. The van der Waals surface area contributed by atoms with Gasteiger partial charge in [0.15, 0.2) is 0 Å². The Labute approximate surface area is 134 Å². The lowest BCUT2D eigenvalue weighted by Crippen LogP contribution is -2.04. The Morgan fingerprint density at radius 2 is 1.59 bits per heavy atom. The second-order valence-corrected chi connectivity index (χ2v) is 5.21. The van der Waals surface area contributed by atoms with E-state index in [2.05, 4.69) is 13.2 Å². The second-order valence-electron chi connectivity index (χ2n) is 5.21. The number of aliphatic hydroxyl groups excluding tert-OH is 1. The van der Waals surface area contributed by atoms with Crippen LogP contribution in [0.25, 0.3) is 0 Å². The van der Waals surface area contributed by atoms with Crippen LogP contribution in [0.1, 0.15) is 57.4 Å². The van der Waals surface area contributed by atoms with Crippen molar-refractivity contribution in [3.63, 3.8) is 0 Å². The molecule has 0 aliphatic heterocycles. The van der Waals surface area contributed by atoms with Crippen molar-refractivity contribution in [2.45, 2.75) is 51.9 Å². The molecule has 0 amide bonds. The summed E-state index contributed by atoms with van der Waals surface area (Å²) in [4.78, 5) is 0. The molecule has 1 aromatic carbocycles. The van der Waals surface area contributed by atoms with Crippen LogP contribution < -0.4 is 0 Å². The van der Waals surface area contributed by atoms with Crippen molar-refractivity contribution < 1.29 is 9.50 Å². The summed E-state index contributed by atoms with van der Waals surface area (Å²) in [5.41, 5.74) is 1.32. The van der Waals surface area contributed by atoms with E-state index in [0.717, 1.165) is 0 Å². The first kappa shape index (κ1) is 20.2. The van der Waals surface area contributed by atoms with Crippen molar-refractivity contribution in [2.24, 2.45) is 0 Å². The molecule has 0 radical (unpaired) electrons. The van der Waals surface area contributed by atoms with Gasteiger partial charge in [0.1, 0.15) is 11.6 Å². The highest BCUT2D eigenvalue weighted by molar-refractivity contribution is 5.20. The topological polar surface area (TPSA) is 20.2 Å². The van der Waals surface area contributed by atoms with Crippen molar-refractivity contribution >= 4 is 0 Å². The normalized spacial score (nSPS) is 14.8. The Kier molecular flexibility index (Phi) is 11.8. The van der Waals surface area contributed by atoms with Gasteiger partial charge in [-0.1, -0.05) is 44.1 Å².